The molecule has 5 nitrogen and oxygen atoms in total. The normalized spacial score (nSPS) is 16.9. The van der Waals surface area contributed by atoms with Crippen molar-refractivity contribution >= 4 is 23.0 Å². The number of hydrazine groups is 1. The highest BCUT2D eigenvalue weighted by Gasteiger charge is 2.25. The minimum Gasteiger partial charge on any atom is -0.396 e. The van der Waals surface area contributed by atoms with Crippen molar-refractivity contribution in [3.63, 3.8) is 0 Å². The van der Waals surface area contributed by atoms with Crippen molar-refractivity contribution in [1.29, 1.82) is 0 Å². The molecule has 4 N–H and O–H groups in total. The van der Waals surface area contributed by atoms with Gasteiger partial charge in [0.15, 0.2) is 0 Å². The maximum atomic E-state index is 12.2. The summed E-state index contributed by atoms with van der Waals surface area (Å²) in [5.74, 6) is 6.04. The second kappa shape index (κ2) is 5.78. The number of amides is 1. The molecule has 23 heavy (non-hydrogen) atoms. The minimum absolute atomic E-state index is 0.0235. The average Bonchev–Trinajstić information content (AvgIpc) is 2.52. The van der Waals surface area contributed by atoms with Crippen LogP contribution in [-0.4, -0.2) is 18.0 Å². The zero-order chi connectivity index (χ0) is 16.6. The third-order valence-electron chi connectivity index (χ3n) is 4.07. The third-order valence-corrected chi connectivity index (χ3v) is 4.07. The van der Waals surface area contributed by atoms with Crippen LogP contribution in [0.1, 0.15) is 23.6 Å². The Bertz CT molecular complexity index is 795. The third kappa shape index (κ3) is 2.55. The van der Waals surface area contributed by atoms with Crippen molar-refractivity contribution in [1.82, 2.24) is 5.01 Å². The molecular weight excluding hydrogens is 288 g/mol. The first kappa shape index (κ1) is 15.1. The van der Waals surface area contributed by atoms with E-state index in [2.05, 4.69) is 0 Å². The fraction of sp³-hybridized carbons (Fsp3) is 0.167. The van der Waals surface area contributed by atoms with Gasteiger partial charge in [0.25, 0.3) is 0 Å². The van der Waals surface area contributed by atoms with Gasteiger partial charge in [-0.15, -0.1) is 0 Å². The second-order valence-corrected chi connectivity index (χ2v) is 5.65. The van der Waals surface area contributed by atoms with E-state index in [1.807, 2.05) is 48.5 Å². The number of para-hydroxylation sites is 1. The van der Waals surface area contributed by atoms with Crippen molar-refractivity contribution in [3.8, 4) is 0 Å². The van der Waals surface area contributed by atoms with Crippen LogP contribution in [-0.2, 0) is 11.3 Å². The molecule has 0 bridgehead atoms. The Balaban J connectivity index is 2.37. The summed E-state index contributed by atoms with van der Waals surface area (Å²) < 4.78 is 0. The van der Waals surface area contributed by atoms with Crippen molar-refractivity contribution in [2.75, 3.05) is 11.9 Å². The summed E-state index contributed by atoms with van der Waals surface area (Å²) in [6, 6.07) is 15.5. The summed E-state index contributed by atoms with van der Waals surface area (Å²) in [5, 5.41) is 1.54. The second-order valence-electron chi connectivity index (χ2n) is 5.65. The molecule has 3 rings (SSSR count). The summed E-state index contributed by atoms with van der Waals surface area (Å²) in [4.78, 5) is 13.9. The summed E-state index contributed by atoms with van der Waals surface area (Å²) in [7, 11) is 1.77. The highest BCUT2D eigenvalue weighted by Crippen LogP contribution is 2.35. The molecule has 1 aliphatic heterocycles. The predicted molar refractivity (Wildman–Crippen MR) is 92.7 cm³/mol. The first-order valence-electron chi connectivity index (χ1n) is 7.44. The molecule has 2 aromatic rings. The van der Waals surface area contributed by atoms with Crippen LogP contribution < -0.4 is 16.5 Å². The van der Waals surface area contributed by atoms with Gasteiger partial charge >= 0.3 is 0 Å². The summed E-state index contributed by atoms with van der Waals surface area (Å²) >= 11 is 0. The zero-order valence-corrected chi connectivity index (χ0v) is 13.3. The molecule has 0 unspecified atom stereocenters. The number of hydrogen-bond donors (Lipinski definition) is 2. The molecule has 0 atom stereocenters. The van der Waals surface area contributed by atoms with Crippen molar-refractivity contribution in [2.45, 2.75) is 13.5 Å². The summed E-state index contributed by atoms with van der Waals surface area (Å²) in [6.07, 6.45) is 0. The Labute approximate surface area is 135 Å². The Kier molecular flexibility index (Phi) is 3.80. The quantitative estimate of drug-likeness (QED) is 0.625. The predicted octanol–water partition coefficient (Wildman–Crippen LogP) is 2.14. The van der Waals surface area contributed by atoms with Crippen LogP contribution in [0.4, 0.5) is 5.69 Å². The van der Waals surface area contributed by atoms with Gasteiger partial charge in [-0.25, -0.2) is 5.84 Å². The van der Waals surface area contributed by atoms with E-state index >= 15 is 0 Å². The molecule has 2 aromatic carbocycles. The number of hydrogen-bond acceptors (Lipinski definition) is 4. The van der Waals surface area contributed by atoms with Crippen LogP contribution in [0.15, 0.2) is 48.5 Å². The van der Waals surface area contributed by atoms with Gasteiger partial charge in [-0.2, -0.15) is 0 Å². The number of anilines is 1. The van der Waals surface area contributed by atoms with Gasteiger partial charge < -0.3 is 15.6 Å². The molecule has 0 saturated carbocycles. The number of carbonyl (C=O) groups excluding carboxylic acids is 1. The van der Waals surface area contributed by atoms with Crippen LogP contribution in [0.2, 0.25) is 0 Å². The largest absolute Gasteiger partial charge is 0.396 e. The van der Waals surface area contributed by atoms with E-state index in [1.54, 1.807) is 18.9 Å². The topological polar surface area (TPSA) is 75.6 Å². The molecule has 0 aromatic heterocycles. The van der Waals surface area contributed by atoms with Gasteiger partial charge in [0, 0.05) is 25.1 Å². The van der Waals surface area contributed by atoms with Gasteiger partial charge in [-0.1, -0.05) is 42.5 Å². The number of nitrogens with two attached hydrogens (primary N) is 2. The van der Waals surface area contributed by atoms with E-state index in [1.165, 1.54) is 5.01 Å². The van der Waals surface area contributed by atoms with E-state index in [4.69, 9.17) is 11.6 Å². The molecule has 5 heteroatoms. The summed E-state index contributed by atoms with van der Waals surface area (Å²) in [5.41, 5.74) is 11.3. The van der Waals surface area contributed by atoms with E-state index < -0.39 is 0 Å². The number of rotatable bonds is 1. The van der Waals surface area contributed by atoms with Crippen LogP contribution in [0.3, 0.4) is 0 Å². The SMILES string of the molecule is CC(=O)N1Cc2ccccc2/C(N(C)N)=C(/N)c2ccccc21. The molecule has 1 aliphatic rings. The van der Waals surface area contributed by atoms with Crippen LogP contribution in [0, 0.1) is 0 Å². The lowest BCUT2D eigenvalue weighted by molar-refractivity contribution is -0.116. The van der Waals surface area contributed by atoms with Gasteiger partial charge in [-0.05, 0) is 11.6 Å². The number of fused-ring (bicyclic) bond motifs is 2. The van der Waals surface area contributed by atoms with Gasteiger partial charge in [-0.3, -0.25) is 4.79 Å². The number of benzene rings is 2. The molecule has 0 fully saturated rings. The maximum absolute atomic E-state index is 12.2. The van der Waals surface area contributed by atoms with Gasteiger partial charge in [0.1, 0.15) is 0 Å². The van der Waals surface area contributed by atoms with E-state index in [0.29, 0.717) is 12.2 Å². The van der Waals surface area contributed by atoms with Crippen LogP contribution >= 0.6 is 0 Å². The molecule has 1 heterocycles. The Morgan fingerprint density at radius 2 is 1.70 bits per heavy atom. The van der Waals surface area contributed by atoms with Gasteiger partial charge in [0.2, 0.25) is 5.91 Å². The fourth-order valence-corrected chi connectivity index (χ4v) is 3.02. The standard InChI is InChI=1S/C18H20N4O/c1-12(23)22-11-13-7-3-4-8-14(13)18(21(2)20)17(19)15-9-5-6-10-16(15)22/h3-10H,11,19-20H2,1-2H3/b18-17-. The molecule has 0 spiro atoms. The molecule has 0 saturated heterocycles. The minimum atomic E-state index is -0.0235. The van der Waals surface area contributed by atoms with E-state index in [0.717, 1.165) is 28.1 Å². The molecule has 1 amide bonds. The lowest BCUT2D eigenvalue weighted by Crippen LogP contribution is -2.33. The fourth-order valence-electron chi connectivity index (χ4n) is 3.02. The Hall–Kier alpha value is -2.79. The number of nitrogens with zero attached hydrogens (tertiary/aromatic N) is 2. The van der Waals surface area contributed by atoms with Crippen molar-refractivity contribution in [3.05, 3.63) is 65.2 Å². The smallest absolute Gasteiger partial charge is 0.224 e. The molecular formula is C18H20N4O. The van der Waals surface area contributed by atoms with Crippen molar-refractivity contribution in [2.24, 2.45) is 11.6 Å². The van der Waals surface area contributed by atoms with E-state index in [-0.39, 0.29) is 5.91 Å². The Morgan fingerprint density at radius 1 is 1.09 bits per heavy atom. The zero-order valence-electron chi connectivity index (χ0n) is 13.3. The first-order valence-corrected chi connectivity index (χ1v) is 7.44. The lowest BCUT2D eigenvalue weighted by atomic mass is 9.96. The van der Waals surface area contributed by atoms with E-state index in [9.17, 15) is 4.79 Å². The van der Waals surface area contributed by atoms with Crippen molar-refractivity contribution < 1.29 is 4.79 Å². The Morgan fingerprint density at radius 3 is 2.35 bits per heavy atom. The van der Waals surface area contributed by atoms with Crippen LogP contribution in [0.5, 0.6) is 0 Å². The average molecular weight is 308 g/mol. The highest BCUT2D eigenvalue weighted by atomic mass is 16.2. The molecule has 118 valence electrons. The molecule has 0 aliphatic carbocycles. The molecule has 0 radical (unpaired) electrons. The lowest BCUT2D eigenvalue weighted by Gasteiger charge is -2.31. The monoisotopic (exact) mass is 308 g/mol. The maximum Gasteiger partial charge on any atom is 0.224 e. The van der Waals surface area contributed by atoms with Gasteiger partial charge in [0.05, 0.1) is 23.6 Å². The van der Waals surface area contributed by atoms with Crippen LogP contribution in [0.25, 0.3) is 11.4 Å². The first-order chi connectivity index (χ1) is 11.0. The summed E-state index contributed by atoms with van der Waals surface area (Å²) in [6.45, 7) is 2.05. The number of carbonyl (C=O) groups is 1. The highest BCUT2D eigenvalue weighted by molar-refractivity contribution is 6.00.